The lowest BCUT2D eigenvalue weighted by molar-refractivity contribution is -0.139. The highest BCUT2D eigenvalue weighted by atomic mass is 16.6. The number of hydrogen-bond donors (Lipinski definition) is 2. The van der Waals surface area contributed by atoms with Crippen LogP contribution in [0.3, 0.4) is 0 Å². The zero-order valence-electron chi connectivity index (χ0n) is 19.8. The molecule has 2 fully saturated rings. The van der Waals surface area contributed by atoms with Gasteiger partial charge in [0.25, 0.3) is 0 Å². The molecule has 2 aliphatic rings. The molecular formula is C27H33N3O5. The zero-order valence-corrected chi connectivity index (χ0v) is 19.8. The quantitative estimate of drug-likeness (QED) is 0.636. The van der Waals surface area contributed by atoms with Gasteiger partial charge in [-0.05, 0) is 36.8 Å². The van der Waals surface area contributed by atoms with Crippen molar-refractivity contribution < 1.29 is 24.2 Å². The van der Waals surface area contributed by atoms with E-state index in [-0.39, 0.29) is 18.4 Å². The van der Waals surface area contributed by atoms with E-state index in [1.165, 1.54) is 4.90 Å². The maximum absolute atomic E-state index is 13.4. The molecule has 0 unspecified atom stereocenters. The Bertz CT molecular complexity index is 992. The third-order valence-electron chi connectivity index (χ3n) is 6.67. The van der Waals surface area contributed by atoms with Crippen molar-refractivity contribution in [3.05, 3.63) is 71.8 Å². The Hall–Kier alpha value is -3.39. The first kappa shape index (κ1) is 24.7. The maximum Gasteiger partial charge on any atom is 0.410 e. The van der Waals surface area contributed by atoms with E-state index in [1.807, 2.05) is 60.7 Å². The topological polar surface area (TPSA) is 99.2 Å². The Labute approximate surface area is 205 Å². The number of nitrogens with one attached hydrogen (secondary N) is 1. The summed E-state index contributed by atoms with van der Waals surface area (Å²) in [4.78, 5) is 42.6. The molecule has 8 nitrogen and oxygen atoms in total. The van der Waals surface area contributed by atoms with Gasteiger partial charge in [0.2, 0.25) is 11.8 Å². The molecule has 2 aromatic carbocycles. The van der Waals surface area contributed by atoms with E-state index in [1.54, 1.807) is 4.90 Å². The second kappa shape index (κ2) is 11.8. The predicted octanol–water partition coefficient (Wildman–Crippen LogP) is 2.50. The molecule has 3 amide bonds. The SMILES string of the molecule is O=C(N[C@@H](Cc1ccccc1)C(=O)N1CCC(O)CC1)[C@@H]1CCCN1C(=O)OCc1ccccc1. The van der Waals surface area contributed by atoms with Crippen LogP contribution in [0.4, 0.5) is 4.79 Å². The molecule has 0 radical (unpaired) electrons. The summed E-state index contributed by atoms with van der Waals surface area (Å²) in [6, 6.07) is 17.5. The number of nitrogens with zero attached hydrogens (tertiary/aromatic N) is 2. The molecule has 0 spiro atoms. The third kappa shape index (κ3) is 6.60. The summed E-state index contributed by atoms with van der Waals surface area (Å²) >= 11 is 0. The van der Waals surface area contributed by atoms with Gasteiger partial charge in [0.05, 0.1) is 6.10 Å². The first-order chi connectivity index (χ1) is 17.0. The standard InChI is InChI=1S/C27H33N3O5/c31-22-13-16-29(17-14-22)26(33)23(18-20-8-3-1-4-9-20)28-25(32)24-12-7-15-30(24)27(34)35-19-21-10-5-2-6-11-21/h1-6,8-11,22-24,31H,7,12-19H2,(H,28,32)/t23-,24-/m0/s1. The molecule has 0 aliphatic carbocycles. The van der Waals surface area contributed by atoms with Gasteiger partial charge in [-0.15, -0.1) is 0 Å². The number of aliphatic hydroxyl groups is 1. The summed E-state index contributed by atoms with van der Waals surface area (Å²) in [7, 11) is 0. The van der Waals surface area contributed by atoms with Crippen LogP contribution in [0, 0.1) is 0 Å². The second-order valence-electron chi connectivity index (χ2n) is 9.20. The third-order valence-corrected chi connectivity index (χ3v) is 6.67. The van der Waals surface area contributed by atoms with Crippen LogP contribution in [0.2, 0.25) is 0 Å². The molecule has 2 atom stereocenters. The van der Waals surface area contributed by atoms with Crippen molar-refractivity contribution in [2.75, 3.05) is 19.6 Å². The Morgan fingerprint density at radius 3 is 2.20 bits per heavy atom. The number of benzene rings is 2. The first-order valence-corrected chi connectivity index (χ1v) is 12.3. The number of ether oxygens (including phenoxy) is 1. The minimum absolute atomic E-state index is 0.139. The number of likely N-dealkylation sites (tertiary alicyclic amines) is 2. The van der Waals surface area contributed by atoms with Gasteiger partial charge < -0.3 is 20.1 Å². The van der Waals surface area contributed by atoms with Gasteiger partial charge in [0, 0.05) is 26.1 Å². The van der Waals surface area contributed by atoms with Crippen molar-refractivity contribution in [1.82, 2.24) is 15.1 Å². The smallest absolute Gasteiger partial charge is 0.410 e. The molecule has 35 heavy (non-hydrogen) atoms. The van der Waals surface area contributed by atoms with Crippen molar-refractivity contribution in [1.29, 1.82) is 0 Å². The number of aliphatic hydroxyl groups excluding tert-OH is 1. The minimum atomic E-state index is -0.747. The molecule has 4 rings (SSSR count). The van der Waals surface area contributed by atoms with Gasteiger partial charge in [-0.1, -0.05) is 60.7 Å². The van der Waals surface area contributed by atoms with Gasteiger partial charge in [0.15, 0.2) is 0 Å². The monoisotopic (exact) mass is 479 g/mol. The second-order valence-corrected chi connectivity index (χ2v) is 9.20. The molecule has 8 heteroatoms. The first-order valence-electron chi connectivity index (χ1n) is 12.3. The fraction of sp³-hybridized carbons (Fsp3) is 0.444. The van der Waals surface area contributed by atoms with Crippen LogP contribution < -0.4 is 5.32 Å². The lowest BCUT2D eigenvalue weighted by atomic mass is 10.0. The summed E-state index contributed by atoms with van der Waals surface area (Å²) in [5.74, 6) is -0.504. The number of rotatable bonds is 7. The highest BCUT2D eigenvalue weighted by molar-refractivity contribution is 5.91. The van der Waals surface area contributed by atoms with Gasteiger partial charge in [-0.3, -0.25) is 14.5 Å². The van der Waals surface area contributed by atoms with Crippen LogP contribution in [-0.4, -0.2) is 70.6 Å². The molecule has 0 bridgehead atoms. The average Bonchev–Trinajstić information content (AvgIpc) is 3.39. The van der Waals surface area contributed by atoms with Gasteiger partial charge >= 0.3 is 6.09 Å². The zero-order chi connectivity index (χ0) is 24.6. The molecular weight excluding hydrogens is 446 g/mol. The van der Waals surface area contributed by atoms with Crippen LogP contribution in [0.25, 0.3) is 0 Å². The summed E-state index contributed by atoms with van der Waals surface area (Å²) in [6.45, 7) is 1.50. The number of amides is 3. The molecule has 2 aliphatic heterocycles. The molecule has 0 saturated carbocycles. The van der Waals surface area contributed by atoms with Crippen molar-refractivity contribution in [2.45, 2.75) is 56.9 Å². The number of carbonyl (C=O) groups is 3. The highest BCUT2D eigenvalue weighted by Gasteiger charge is 2.37. The Morgan fingerprint density at radius 1 is 0.914 bits per heavy atom. The Morgan fingerprint density at radius 2 is 1.54 bits per heavy atom. The Kier molecular flexibility index (Phi) is 8.36. The minimum Gasteiger partial charge on any atom is -0.445 e. The largest absolute Gasteiger partial charge is 0.445 e. The predicted molar refractivity (Wildman–Crippen MR) is 130 cm³/mol. The van der Waals surface area contributed by atoms with E-state index in [0.717, 1.165) is 11.1 Å². The highest BCUT2D eigenvalue weighted by Crippen LogP contribution is 2.20. The van der Waals surface area contributed by atoms with Crippen LogP contribution in [0.15, 0.2) is 60.7 Å². The van der Waals surface area contributed by atoms with Crippen LogP contribution in [0.5, 0.6) is 0 Å². The molecule has 2 saturated heterocycles. The van der Waals surface area contributed by atoms with Crippen LogP contribution in [-0.2, 0) is 27.4 Å². The number of carbonyl (C=O) groups excluding carboxylic acids is 3. The average molecular weight is 480 g/mol. The van der Waals surface area contributed by atoms with E-state index < -0.39 is 24.3 Å². The number of piperidine rings is 1. The van der Waals surface area contributed by atoms with E-state index in [2.05, 4.69) is 5.32 Å². The normalized spacial score (nSPS) is 19.3. The van der Waals surface area contributed by atoms with Crippen LogP contribution >= 0.6 is 0 Å². The maximum atomic E-state index is 13.4. The fourth-order valence-electron chi connectivity index (χ4n) is 4.68. The van der Waals surface area contributed by atoms with E-state index in [4.69, 9.17) is 4.74 Å². The summed E-state index contributed by atoms with van der Waals surface area (Å²) < 4.78 is 5.45. The molecule has 0 aromatic heterocycles. The molecule has 2 aromatic rings. The van der Waals surface area contributed by atoms with Crippen molar-refractivity contribution in [3.8, 4) is 0 Å². The number of hydrogen-bond acceptors (Lipinski definition) is 5. The van der Waals surface area contributed by atoms with Gasteiger partial charge in [-0.25, -0.2) is 4.79 Å². The van der Waals surface area contributed by atoms with E-state index in [9.17, 15) is 19.5 Å². The van der Waals surface area contributed by atoms with Crippen molar-refractivity contribution in [2.24, 2.45) is 0 Å². The fourth-order valence-corrected chi connectivity index (χ4v) is 4.68. The van der Waals surface area contributed by atoms with E-state index >= 15 is 0 Å². The lowest BCUT2D eigenvalue weighted by Crippen LogP contribution is -2.55. The van der Waals surface area contributed by atoms with Crippen LogP contribution in [0.1, 0.15) is 36.8 Å². The Balaban J connectivity index is 1.41. The van der Waals surface area contributed by atoms with Crippen molar-refractivity contribution in [3.63, 3.8) is 0 Å². The summed E-state index contributed by atoms with van der Waals surface area (Å²) in [5, 5.41) is 12.7. The molecule has 186 valence electrons. The molecule has 2 N–H and O–H groups in total. The van der Waals surface area contributed by atoms with E-state index in [0.29, 0.717) is 51.7 Å². The van der Waals surface area contributed by atoms with Crippen molar-refractivity contribution >= 4 is 17.9 Å². The summed E-state index contributed by atoms with van der Waals surface area (Å²) in [5.41, 5.74) is 1.81. The van der Waals surface area contributed by atoms with Gasteiger partial charge in [0.1, 0.15) is 18.7 Å². The van der Waals surface area contributed by atoms with Gasteiger partial charge in [-0.2, -0.15) is 0 Å². The summed E-state index contributed by atoms with van der Waals surface area (Å²) in [6.07, 6.45) is 1.71. The molecule has 2 heterocycles. The lowest BCUT2D eigenvalue weighted by Gasteiger charge is -2.33.